The highest BCUT2D eigenvalue weighted by molar-refractivity contribution is 5.13. The Labute approximate surface area is 111 Å². The molecule has 0 saturated heterocycles. The number of nitriles is 1. The van der Waals surface area contributed by atoms with Crippen molar-refractivity contribution < 1.29 is 4.74 Å². The predicted molar refractivity (Wildman–Crippen MR) is 73.4 cm³/mol. The molecular formula is C14H27N3O. The van der Waals surface area contributed by atoms with Gasteiger partial charge in [-0.1, -0.05) is 0 Å². The van der Waals surface area contributed by atoms with Crippen LogP contribution in [0.2, 0.25) is 0 Å². The van der Waals surface area contributed by atoms with Crippen molar-refractivity contribution in [2.75, 3.05) is 26.8 Å². The fraction of sp³-hybridized carbons (Fsp3) is 0.929. The van der Waals surface area contributed by atoms with Crippen molar-refractivity contribution in [3.05, 3.63) is 0 Å². The average molecular weight is 253 g/mol. The zero-order valence-electron chi connectivity index (χ0n) is 12.2. The van der Waals surface area contributed by atoms with Crippen LogP contribution in [0.4, 0.5) is 0 Å². The number of nitrogens with one attached hydrogen (secondary N) is 1. The van der Waals surface area contributed by atoms with Gasteiger partial charge in [0.1, 0.15) is 5.54 Å². The summed E-state index contributed by atoms with van der Waals surface area (Å²) in [5.74, 6) is 0. The summed E-state index contributed by atoms with van der Waals surface area (Å²) in [6, 6.07) is 3.35. The molecule has 0 aliphatic heterocycles. The molecular weight excluding hydrogens is 226 g/mol. The van der Waals surface area contributed by atoms with Crippen molar-refractivity contribution in [1.82, 2.24) is 10.2 Å². The summed E-state index contributed by atoms with van der Waals surface area (Å²) in [4.78, 5) is 2.33. The van der Waals surface area contributed by atoms with Crippen molar-refractivity contribution in [3.8, 4) is 6.07 Å². The Morgan fingerprint density at radius 1 is 1.56 bits per heavy atom. The van der Waals surface area contributed by atoms with Crippen molar-refractivity contribution in [3.63, 3.8) is 0 Å². The molecule has 104 valence electrons. The summed E-state index contributed by atoms with van der Waals surface area (Å²) in [5, 5.41) is 12.9. The predicted octanol–water partition coefficient (Wildman–Crippen LogP) is 1.77. The van der Waals surface area contributed by atoms with Crippen LogP contribution in [0.25, 0.3) is 0 Å². The van der Waals surface area contributed by atoms with Crippen LogP contribution >= 0.6 is 0 Å². The lowest BCUT2D eigenvalue weighted by atomic mass is 9.98. The second-order valence-electron chi connectivity index (χ2n) is 5.57. The average Bonchev–Trinajstić information content (AvgIpc) is 2.73. The first-order valence-electron chi connectivity index (χ1n) is 7.00. The minimum atomic E-state index is -0.321. The molecule has 4 nitrogen and oxygen atoms in total. The van der Waals surface area contributed by atoms with E-state index in [0.29, 0.717) is 12.1 Å². The summed E-state index contributed by atoms with van der Waals surface area (Å²) in [7, 11) is 2.13. The third-order valence-corrected chi connectivity index (χ3v) is 3.68. The van der Waals surface area contributed by atoms with E-state index in [-0.39, 0.29) is 5.54 Å². The third-order valence-electron chi connectivity index (χ3n) is 3.68. The molecule has 0 heterocycles. The fourth-order valence-electron chi connectivity index (χ4n) is 2.75. The van der Waals surface area contributed by atoms with Crippen LogP contribution in [0, 0.1) is 11.3 Å². The smallest absolute Gasteiger partial charge is 0.108 e. The molecule has 18 heavy (non-hydrogen) atoms. The molecule has 0 spiro atoms. The maximum atomic E-state index is 9.42. The van der Waals surface area contributed by atoms with Gasteiger partial charge in [-0.3, -0.25) is 5.32 Å². The van der Waals surface area contributed by atoms with Crippen LogP contribution in [-0.2, 0) is 4.74 Å². The van der Waals surface area contributed by atoms with Crippen LogP contribution in [0.5, 0.6) is 0 Å². The van der Waals surface area contributed by atoms with Gasteiger partial charge in [-0.15, -0.1) is 0 Å². The van der Waals surface area contributed by atoms with E-state index in [2.05, 4.69) is 37.2 Å². The topological polar surface area (TPSA) is 48.3 Å². The molecule has 1 fully saturated rings. The number of nitrogens with zero attached hydrogens (tertiary/aromatic N) is 2. The van der Waals surface area contributed by atoms with Crippen molar-refractivity contribution in [1.29, 1.82) is 5.26 Å². The Bertz CT molecular complexity index is 287. The first-order valence-corrected chi connectivity index (χ1v) is 7.00. The lowest BCUT2D eigenvalue weighted by molar-refractivity contribution is 0.107. The van der Waals surface area contributed by atoms with Gasteiger partial charge in [0, 0.05) is 25.2 Å². The van der Waals surface area contributed by atoms with Crippen molar-refractivity contribution >= 4 is 0 Å². The molecule has 1 rings (SSSR count). The molecule has 0 bridgehead atoms. The largest absolute Gasteiger partial charge is 0.380 e. The third kappa shape index (κ3) is 4.24. The minimum Gasteiger partial charge on any atom is -0.380 e. The number of hydrogen-bond donors (Lipinski definition) is 1. The standard InChI is InChI=1S/C14H27N3O/c1-5-18-9-8-17(4)13-6-7-14(10-13,11-15)16-12(2)3/h12-13,16H,5-10H2,1-4H3. The molecule has 2 atom stereocenters. The van der Waals surface area contributed by atoms with E-state index in [4.69, 9.17) is 4.74 Å². The molecule has 0 radical (unpaired) electrons. The Hall–Kier alpha value is -0.630. The summed E-state index contributed by atoms with van der Waals surface area (Å²) in [5.41, 5.74) is -0.321. The van der Waals surface area contributed by atoms with Gasteiger partial charge in [0.25, 0.3) is 0 Å². The maximum absolute atomic E-state index is 9.42. The summed E-state index contributed by atoms with van der Waals surface area (Å²) >= 11 is 0. The second-order valence-corrected chi connectivity index (χ2v) is 5.57. The Balaban J connectivity index is 2.46. The van der Waals surface area contributed by atoms with E-state index < -0.39 is 0 Å². The van der Waals surface area contributed by atoms with E-state index in [1.54, 1.807) is 0 Å². The zero-order chi connectivity index (χ0) is 13.6. The fourth-order valence-corrected chi connectivity index (χ4v) is 2.75. The maximum Gasteiger partial charge on any atom is 0.108 e. The number of rotatable bonds is 7. The van der Waals surface area contributed by atoms with E-state index in [0.717, 1.165) is 39.0 Å². The molecule has 0 aromatic carbocycles. The lowest BCUT2D eigenvalue weighted by Gasteiger charge is -2.28. The molecule has 2 unspecified atom stereocenters. The number of likely N-dealkylation sites (N-methyl/N-ethyl adjacent to an activating group) is 1. The highest BCUT2D eigenvalue weighted by atomic mass is 16.5. The molecule has 0 aromatic heterocycles. The van der Waals surface area contributed by atoms with Gasteiger partial charge >= 0.3 is 0 Å². The quantitative estimate of drug-likeness (QED) is 0.703. The molecule has 1 aliphatic rings. The zero-order valence-corrected chi connectivity index (χ0v) is 12.2. The summed E-state index contributed by atoms with van der Waals surface area (Å²) in [6.45, 7) is 8.72. The van der Waals surface area contributed by atoms with Crippen molar-refractivity contribution in [2.45, 2.75) is 57.7 Å². The van der Waals surface area contributed by atoms with Gasteiger partial charge < -0.3 is 9.64 Å². The van der Waals surface area contributed by atoms with Crippen LogP contribution in [0.15, 0.2) is 0 Å². The highest BCUT2D eigenvalue weighted by Gasteiger charge is 2.40. The van der Waals surface area contributed by atoms with Crippen molar-refractivity contribution in [2.24, 2.45) is 0 Å². The van der Waals surface area contributed by atoms with Crippen LogP contribution in [-0.4, -0.2) is 49.3 Å². The van der Waals surface area contributed by atoms with Gasteiger partial charge in [0.15, 0.2) is 0 Å². The van der Waals surface area contributed by atoms with Crippen LogP contribution < -0.4 is 5.32 Å². The van der Waals surface area contributed by atoms with E-state index in [9.17, 15) is 5.26 Å². The van der Waals surface area contributed by atoms with Gasteiger partial charge in [-0.2, -0.15) is 5.26 Å². The first-order chi connectivity index (χ1) is 8.53. The van der Waals surface area contributed by atoms with Gasteiger partial charge in [-0.05, 0) is 47.1 Å². The van der Waals surface area contributed by atoms with E-state index in [1.165, 1.54) is 0 Å². The van der Waals surface area contributed by atoms with E-state index in [1.807, 2.05) is 6.92 Å². The molecule has 1 saturated carbocycles. The van der Waals surface area contributed by atoms with E-state index >= 15 is 0 Å². The minimum absolute atomic E-state index is 0.321. The molecule has 0 amide bonds. The molecule has 1 N–H and O–H groups in total. The van der Waals surface area contributed by atoms with Gasteiger partial charge in [0.2, 0.25) is 0 Å². The molecule has 0 aromatic rings. The Kier molecular flexibility index (Phi) is 6.07. The molecule has 4 heteroatoms. The first kappa shape index (κ1) is 15.4. The summed E-state index contributed by atoms with van der Waals surface area (Å²) < 4.78 is 5.38. The number of hydrogen-bond acceptors (Lipinski definition) is 4. The van der Waals surface area contributed by atoms with Crippen LogP contribution in [0.3, 0.4) is 0 Å². The molecule has 1 aliphatic carbocycles. The summed E-state index contributed by atoms with van der Waals surface area (Å²) in [6.07, 6.45) is 2.96. The highest BCUT2D eigenvalue weighted by Crippen LogP contribution is 2.32. The SMILES string of the molecule is CCOCCN(C)C1CCC(C#N)(NC(C)C)C1. The normalized spacial score (nSPS) is 27.9. The lowest BCUT2D eigenvalue weighted by Crippen LogP contribution is -2.47. The Morgan fingerprint density at radius 2 is 2.28 bits per heavy atom. The monoisotopic (exact) mass is 253 g/mol. The van der Waals surface area contributed by atoms with Crippen LogP contribution in [0.1, 0.15) is 40.0 Å². The van der Waals surface area contributed by atoms with Gasteiger partial charge in [0.05, 0.1) is 12.7 Å². The Morgan fingerprint density at radius 3 is 2.83 bits per heavy atom. The number of ether oxygens (including phenoxy) is 1. The second kappa shape index (κ2) is 7.08. The van der Waals surface area contributed by atoms with Gasteiger partial charge in [-0.25, -0.2) is 0 Å².